The third kappa shape index (κ3) is 4.12. The minimum atomic E-state index is -1.76. The third-order valence-electron chi connectivity index (χ3n) is 3.93. The van der Waals surface area contributed by atoms with Crippen LogP contribution in [0.2, 0.25) is 19.6 Å². The summed E-state index contributed by atoms with van der Waals surface area (Å²) >= 11 is 0. The van der Waals surface area contributed by atoms with E-state index in [9.17, 15) is 14.3 Å². The number of halogens is 1. The van der Waals surface area contributed by atoms with Crippen molar-refractivity contribution in [1.29, 1.82) is 0 Å². The lowest BCUT2D eigenvalue weighted by Gasteiger charge is -2.28. The van der Waals surface area contributed by atoms with E-state index in [1.807, 2.05) is 0 Å². The van der Waals surface area contributed by atoms with Gasteiger partial charge in [0.15, 0.2) is 0 Å². The normalized spacial score (nSPS) is 12.2. The first-order valence-corrected chi connectivity index (χ1v) is 11.3. The summed E-state index contributed by atoms with van der Waals surface area (Å²) in [5.74, 6) is -1.71. The van der Waals surface area contributed by atoms with Crippen molar-refractivity contribution in [3.8, 4) is 11.3 Å². The minimum Gasteiger partial charge on any atom is -0.386 e. The van der Waals surface area contributed by atoms with Gasteiger partial charge in [0, 0.05) is 11.8 Å². The van der Waals surface area contributed by atoms with Crippen molar-refractivity contribution < 1.29 is 24.4 Å². The van der Waals surface area contributed by atoms with Gasteiger partial charge in [0.05, 0.1) is 24.9 Å². The van der Waals surface area contributed by atoms with Crippen LogP contribution in [0.1, 0.15) is 29.8 Å². The molecule has 0 radical (unpaired) electrons. The number of pyridine rings is 1. The molecule has 1 heterocycles. The topological polar surface area (TPSA) is 79.7 Å². The van der Waals surface area contributed by atoms with Gasteiger partial charge in [0.25, 0.3) is 0 Å². The SMILES string of the molecule is CC(C)(O)c1cc(-c2ccc(C(=O)OO)cc2F)ncc1[Si](C)(C)C. The van der Waals surface area contributed by atoms with Crippen LogP contribution in [0.25, 0.3) is 11.3 Å². The Morgan fingerprint density at radius 2 is 1.88 bits per heavy atom. The van der Waals surface area contributed by atoms with Gasteiger partial charge in [0.1, 0.15) is 5.82 Å². The molecule has 0 saturated heterocycles. The van der Waals surface area contributed by atoms with Gasteiger partial charge in [0.2, 0.25) is 0 Å². The maximum Gasteiger partial charge on any atom is 0.372 e. The number of rotatable bonds is 4. The van der Waals surface area contributed by atoms with Crippen LogP contribution in [0.3, 0.4) is 0 Å². The largest absolute Gasteiger partial charge is 0.386 e. The summed E-state index contributed by atoms with van der Waals surface area (Å²) in [4.78, 5) is 19.2. The van der Waals surface area contributed by atoms with Gasteiger partial charge in [-0.3, -0.25) is 9.87 Å². The Balaban J connectivity index is 2.60. The molecule has 2 N–H and O–H groups in total. The van der Waals surface area contributed by atoms with Crippen LogP contribution in [0.15, 0.2) is 30.5 Å². The molecule has 1 aromatic carbocycles. The molecule has 5 nitrogen and oxygen atoms in total. The summed E-state index contributed by atoms with van der Waals surface area (Å²) in [5, 5.41) is 19.9. The molecule has 0 aliphatic carbocycles. The summed E-state index contributed by atoms with van der Waals surface area (Å²) < 4.78 is 14.4. The molecule has 2 rings (SSSR count). The Kier molecular flexibility index (Phi) is 5.13. The van der Waals surface area contributed by atoms with E-state index in [-0.39, 0.29) is 11.1 Å². The number of benzene rings is 1. The molecule has 0 amide bonds. The molecular weight excluding hydrogens is 341 g/mol. The standard InChI is InChI=1S/C18H22FNO4Si/c1-18(2,22)13-9-15(20-10-16(13)25(3,4)5)12-7-6-11(8-14(12)19)17(21)24-23/h6-10,22-23H,1-5H3. The predicted molar refractivity (Wildman–Crippen MR) is 95.9 cm³/mol. The van der Waals surface area contributed by atoms with Crippen molar-refractivity contribution in [2.24, 2.45) is 0 Å². The fourth-order valence-corrected chi connectivity index (χ4v) is 4.25. The first-order valence-electron chi connectivity index (χ1n) is 7.84. The second-order valence-corrected chi connectivity index (χ2v) is 12.5. The maximum absolute atomic E-state index is 14.4. The highest BCUT2D eigenvalue weighted by molar-refractivity contribution is 6.89. The Hall–Kier alpha value is -2.09. The van der Waals surface area contributed by atoms with Crippen LogP contribution in [-0.4, -0.2) is 29.4 Å². The van der Waals surface area contributed by atoms with E-state index in [1.165, 1.54) is 12.1 Å². The average molecular weight is 363 g/mol. The van der Waals surface area contributed by atoms with Crippen molar-refractivity contribution in [2.75, 3.05) is 0 Å². The number of hydrogen-bond acceptors (Lipinski definition) is 5. The van der Waals surface area contributed by atoms with Crippen molar-refractivity contribution in [2.45, 2.75) is 39.1 Å². The monoisotopic (exact) mass is 363 g/mol. The van der Waals surface area contributed by atoms with Crippen molar-refractivity contribution >= 4 is 19.2 Å². The lowest BCUT2D eigenvalue weighted by Crippen LogP contribution is -2.44. The number of nitrogens with zero attached hydrogens (tertiary/aromatic N) is 1. The smallest absolute Gasteiger partial charge is 0.372 e. The summed E-state index contributed by atoms with van der Waals surface area (Å²) in [6, 6.07) is 5.41. The van der Waals surface area contributed by atoms with Crippen LogP contribution < -0.4 is 5.19 Å². The highest BCUT2D eigenvalue weighted by Gasteiger charge is 2.29. The highest BCUT2D eigenvalue weighted by atomic mass is 28.3. The molecule has 0 fully saturated rings. The molecular formula is C18H22FNO4Si. The van der Waals surface area contributed by atoms with Gasteiger partial charge in [-0.05, 0) is 48.9 Å². The molecule has 134 valence electrons. The van der Waals surface area contributed by atoms with Gasteiger partial charge >= 0.3 is 5.97 Å². The molecule has 1 aromatic heterocycles. The van der Waals surface area contributed by atoms with Gasteiger partial charge in [-0.25, -0.2) is 9.18 Å². The van der Waals surface area contributed by atoms with Crippen LogP contribution in [-0.2, 0) is 10.5 Å². The van der Waals surface area contributed by atoms with E-state index in [4.69, 9.17) is 5.26 Å². The molecule has 2 aromatic rings. The van der Waals surface area contributed by atoms with Crippen LogP contribution in [0, 0.1) is 5.82 Å². The molecule has 0 saturated carbocycles. The molecule has 25 heavy (non-hydrogen) atoms. The maximum atomic E-state index is 14.4. The van der Waals surface area contributed by atoms with E-state index in [0.717, 1.165) is 16.8 Å². The Morgan fingerprint density at radius 3 is 2.36 bits per heavy atom. The van der Waals surface area contributed by atoms with E-state index < -0.39 is 25.5 Å². The average Bonchev–Trinajstić information content (AvgIpc) is 2.51. The number of hydrogen-bond donors (Lipinski definition) is 2. The van der Waals surface area contributed by atoms with E-state index in [0.29, 0.717) is 5.69 Å². The van der Waals surface area contributed by atoms with Crippen LogP contribution >= 0.6 is 0 Å². The van der Waals surface area contributed by atoms with E-state index in [2.05, 4.69) is 29.5 Å². The van der Waals surface area contributed by atoms with E-state index >= 15 is 0 Å². The summed E-state index contributed by atoms with van der Waals surface area (Å²) in [6.07, 6.45) is 1.70. The highest BCUT2D eigenvalue weighted by Crippen LogP contribution is 2.27. The minimum absolute atomic E-state index is 0.106. The van der Waals surface area contributed by atoms with Crippen LogP contribution in [0.5, 0.6) is 0 Å². The first kappa shape index (κ1) is 19.2. The summed E-state index contributed by atoms with van der Waals surface area (Å²) in [7, 11) is -1.76. The lowest BCUT2D eigenvalue weighted by atomic mass is 9.97. The molecule has 0 bridgehead atoms. The molecule has 0 atom stereocenters. The molecule has 0 spiro atoms. The zero-order chi connectivity index (χ0) is 19.0. The molecule has 0 aliphatic rings. The van der Waals surface area contributed by atoms with E-state index in [1.54, 1.807) is 26.1 Å². The number of aromatic nitrogens is 1. The Bertz CT molecular complexity index is 810. The number of aliphatic hydroxyl groups is 1. The fraction of sp³-hybridized carbons (Fsp3) is 0.333. The lowest BCUT2D eigenvalue weighted by molar-refractivity contribution is -0.182. The molecule has 0 aliphatic heterocycles. The Labute approximate surface area is 147 Å². The quantitative estimate of drug-likeness (QED) is 0.495. The zero-order valence-corrected chi connectivity index (χ0v) is 15.9. The van der Waals surface area contributed by atoms with Gasteiger partial charge in [-0.1, -0.05) is 19.6 Å². The second kappa shape index (κ2) is 6.66. The van der Waals surface area contributed by atoms with Crippen LogP contribution in [0.4, 0.5) is 4.39 Å². The van der Waals surface area contributed by atoms with Gasteiger partial charge < -0.3 is 5.11 Å². The molecule has 0 unspecified atom stereocenters. The summed E-state index contributed by atoms with van der Waals surface area (Å²) in [5.41, 5.74) is 0.0764. The third-order valence-corrected chi connectivity index (χ3v) is 5.95. The van der Waals surface area contributed by atoms with Crippen molar-refractivity contribution in [3.05, 3.63) is 47.4 Å². The Morgan fingerprint density at radius 1 is 1.24 bits per heavy atom. The van der Waals surface area contributed by atoms with Crippen molar-refractivity contribution in [3.63, 3.8) is 0 Å². The number of carbonyl (C=O) groups is 1. The second-order valence-electron chi connectivity index (χ2n) is 7.50. The van der Waals surface area contributed by atoms with Crippen molar-refractivity contribution in [1.82, 2.24) is 4.98 Å². The van der Waals surface area contributed by atoms with Gasteiger partial charge in [-0.2, -0.15) is 5.26 Å². The fourth-order valence-electron chi connectivity index (χ4n) is 2.61. The predicted octanol–water partition coefficient (Wildman–Crippen LogP) is 3.29. The summed E-state index contributed by atoms with van der Waals surface area (Å²) in [6.45, 7) is 9.82. The number of carbonyl (C=O) groups excluding carboxylic acids is 1. The zero-order valence-electron chi connectivity index (χ0n) is 14.9. The molecule has 7 heteroatoms. The van der Waals surface area contributed by atoms with Gasteiger partial charge in [-0.15, -0.1) is 0 Å². The first-order chi connectivity index (χ1) is 11.4.